The van der Waals surface area contributed by atoms with Gasteiger partial charge in [0.25, 0.3) is 0 Å². The molecule has 1 heterocycles. The van der Waals surface area contributed by atoms with Gasteiger partial charge in [0.1, 0.15) is 12.4 Å². The first-order valence-electron chi connectivity index (χ1n) is 7.68. The number of nitrogens with zero attached hydrogens (tertiary/aromatic N) is 1. The van der Waals surface area contributed by atoms with Crippen molar-refractivity contribution in [3.8, 4) is 5.75 Å². The quantitative estimate of drug-likeness (QED) is 0.294. The third kappa shape index (κ3) is 4.84. The molecule has 0 amide bonds. The zero-order valence-electron chi connectivity index (χ0n) is 13.6. The molecule has 7 heteroatoms. The topological polar surface area (TPSA) is 73.9 Å². The second-order valence-corrected chi connectivity index (χ2v) is 6.66. The highest BCUT2D eigenvalue weighted by Gasteiger charge is 2.09. The van der Waals surface area contributed by atoms with Crippen molar-refractivity contribution in [1.82, 2.24) is 0 Å². The second kappa shape index (κ2) is 8.51. The summed E-state index contributed by atoms with van der Waals surface area (Å²) < 4.78 is 5.67. The Morgan fingerprint density at radius 1 is 1.12 bits per heavy atom. The monoisotopic (exact) mass is 386 g/mol. The molecular formula is C19H15ClN2O3S. The predicted molar refractivity (Wildman–Crippen MR) is 103 cm³/mol. The Balaban J connectivity index is 1.61. The molecule has 0 aliphatic heterocycles. The van der Waals surface area contributed by atoms with E-state index in [2.05, 4.69) is 5.16 Å². The van der Waals surface area contributed by atoms with E-state index in [0.717, 1.165) is 10.4 Å². The van der Waals surface area contributed by atoms with Gasteiger partial charge in [-0.1, -0.05) is 35.0 Å². The third-order valence-corrected chi connectivity index (χ3v) is 4.53. The number of halogens is 1. The van der Waals surface area contributed by atoms with Crippen LogP contribution in [0.1, 0.15) is 20.8 Å². The van der Waals surface area contributed by atoms with Crippen LogP contribution in [0, 0.1) is 0 Å². The fraction of sp³-hybridized carbons (Fsp3) is 0.0526. The number of rotatable bonds is 6. The zero-order chi connectivity index (χ0) is 18.4. The Morgan fingerprint density at radius 3 is 2.65 bits per heavy atom. The number of oxime groups is 1. The first-order valence-corrected chi connectivity index (χ1v) is 8.93. The van der Waals surface area contributed by atoms with Crippen LogP contribution in [0.2, 0.25) is 5.02 Å². The van der Waals surface area contributed by atoms with E-state index in [-0.39, 0.29) is 5.84 Å². The molecule has 0 unspecified atom stereocenters. The van der Waals surface area contributed by atoms with Crippen LogP contribution in [0.15, 0.2) is 71.2 Å². The highest BCUT2D eigenvalue weighted by molar-refractivity contribution is 7.12. The van der Waals surface area contributed by atoms with E-state index in [1.54, 1.807) is 48.5 Å². The molecule has 0 radical (unpaired) electrons. The van der Waals surface area contributed by atoms with Gasteiger partial charge in [0.2, 0.25) is 0 Å². The lowest BCUT2D eigenvalue weighted by Crippen LogP contribution is -2.13. The van der Waals surface area contributed by atoms with Crippen LogP contribution in [0.5, 0.6) is 5.75 Å². The molecule has 0 fully saturated rings. The van der Waals surface area contributed by atoms with E-state index in [1.165, 1.54) is 11.3 Å². The standard InChI is InChI=1S/C19H15ClN2O3S/c20-15-6-8-16(9-7-15)24-12-13-3-1-4-14(11-13)19(23)25-22-18(21)17-5-2-10-26-17/h1-11H,12H2,(H2,21,22). The fourth-order valence-electron chi connectivity index (χ4n) is 2.10. The van der Waals surface area contributed by atoms with Crippen molar-refractivity contribution in [2.45, 2.75) is 6.61 Å². The van der Waals surface area contributed by atoms with E-state index in [1.807, 2.05) is 17.5 Å². The number of amidine groups is 1. The van der Waals surface area contributed by atoms with Crippen LogP contribution in [0.25, 0.3) is 0 Å². The van der Waals surface area contributed by atoms with Crippen LogP contribution >= 0.6 is 22.9 Å². The minimum absolute atomic E-state index is 0.163. The van der Waals surface area contributed by atoms with Crippen LogP contribution < -0.4 is 10.5 Å². The van der Waals surface area contributed by atoms with Crippen molar-refractivity contribution in [1.29, 1.82) is 0 Å². The van der Waals surface area contributed by atoms with Crippen LogP contribution in [-0.4, -0.2) is 11.8 Å². The lowest BCUT2D eigenvalue weighted by molar-refractivity contribution is 0.0516. The summed E-state index contributed by atoms with van der Waals surface area (Å²) in [5.41, 5.74) is 6.96. The Kier molecular flexibility index (Phi) is 5.88. The van der Waals surface area contributed by atoms with E-state index >= 15 is 0 Å². The molecule has 26 heavy (non-hydrogen) atoms. The van der Waals surface area contributed by atoms with E-state index < -0.39 is 5.97 Å². The molecule has 132 valence electrons. The number of nitrogens with two attached hydrogens (primary N) is 1. The van der Waals surface area contributed by atoms with Crippen LogP contribution in [0.3, 0.4) is 0 Å². The Hall–Kier alpha value is -2.83. The fourth-order valence-corrected chi connectivity index (χ4v) is 2.84. The normalized spacial score (nSPS) is 11.2. The molecule has 0 saturated carbocycles. The maximum atomic E-state index is 12.1. The largest absolute Gasteiger partial charge is 0.489 e. The number of thiophene rings is 1. The number of carbonyl (C=O) groups excluding carboxylic acids is 1. The van der Waals surface area contributed by atoms with Gasteiger partial charge in [-0.3, -0.25) is 0 Å². The highest BCUT2D eigenvalue weighted by atomic mass is 35.5. The molecule has 3 rings (SSSR count). The highest BCUT2D eigenvalue weighted by Crippen LogP contribution is 2.17. The molecule has 2 aromatic carbocycles. The van der Waals surface area contributed by atoms with Gasteiger partial charge in [0, 0.05) is 5.02 Å². The van der Waals surface area contributed by atoms with Gasteiger partial charge in [-0.2, -0.15) is 0 Å². The van der Waals surface area contributed by atoms with Gasteiger partial charge in [-0.05, 0) is 53.4 Å². The summed E-state index contributed by atoms with van der Waals surface area (Å²) >= 11 is 7.26. The molecule has 0 spiro atoms. The van der Waals surface area contributed by atoms with Gasteiger partial charge in [-0.25, -0.2) is 4.79 Å². The van der Waals surface area contributed by atoms with E-state index in [9.17, 15) is 4.79 Å². The van der Waals surface area contributed by atoms with Crippen molar-refractivity contribution >= 4 is 34.7 Å². The number of ether oxygens (including phenoxy) is 1. The van der Waals surface area contributed by atoms with Gasteiger partial charge >= 0.3 is 5.97 Å². The molecule has 0 atom stereocenters. The molecule has 0 aliphatic carbocycles. The first-order chi connectivity index (χ1) is 12.6. The number of carbonyl (C=O) groups is 1. The number of hydrogen-bond acceptors (Lipinski definition) is 5. The first kappa shape index (κ1) is 18.0. The summed E-state index contributed by atoms with van der Waals surface area (Å²) in [5.74, 6) is 0.268. The van der Waals surface area contributed by atoms with E-state index in [4.69, 9.17) is 26.9 Å². The molecule has 3 aromatic rings. The molecule has 1 aromatic heterocycles. The van der Waals surface area contributed by atoms with Crippen molar-refractivity contribution < 1.29 is 14.4 Å². The summed E-state index contributed by atoms with van der Waals surface area (Å²) in [6.45, 7) is 0.309. The average molecular weight is 387 g/mol. The number of hydrogen-bond donors (Lipinski definition) is 1. The lowest BCUT2D eigenvalue weighted by Gasteiger charge is -2.07. The molecule has 0 bridgehead atoms. The van der Waals surface area contributed by atoms with Gasteiger partial charge in [0.15, 0.2) is 5.84 Å². The third-order valence-electron chi connectivity index (χ3n) is 3.38. The maximum absolute atomic E-state index is 12.1. The minimum Gasteiger partial charge on any atom is -0.489 e. The summed E-state index contributed by atoms with van der Waals surface area (Å²) in [6.07, 6.45) is 0. The predicted octanol–water partition coefficient (Wildman–Crippen LogP) is 4.46. The number of benzene rings is 2. The Labute approximate surface area is 159 Å². The molecule has 2 N–H and O–H groups in total. The SMILES string of the molecule is N/C(=N\OC(=O)c1cccc(COc2ccc(Cl)cc2)c1)c1cccs1. The minimum atomic E-state index is -0.585. The smallest absolute Gasteiger partial charge is 0.365 e. The van der Waals surface area contributed by atoms with Crippen molar-refractivity contribution in [3.63, 3.8) is 0 Å². The lowest BCUT2D eigenvalue weighted by atomic mass is 10.1. The van der Waals surface area contributed by atoms with Crippen LogP contribution in [0.4, 0.5) is 0 Å². The zero-order valence-corrected chi connectivity index (χ0v) is 15.2. The van der Waals surface area contributed by atoms with Crippen molar-refractivity contribution in [2.75, 3.05) is 0 Å². The molecule has 0 saturated heterocycles. The maximum Gasteiger partial charge on any atom is 0.365 e. The second-order valence-electron chi connectivity index (χ2n) is 5.28. The van der Waals surface area contributed by atoms with Crippen LogP contribution in [-0.2, 0) is 11.4 Å². The Morgan fingerprint density at radius 2 is 1.92 bits per heavy atom. The Bertz CT molecular complexity index is 909. The van der Waals surface area contributed by atoms with E-state index in [0.29, 0.717) is 22.9 Å². The molecular weight excluding hydrogens is 372 g/mol. The summed E-state index contributed by atoms with van der Waals surface area (Å²) in [6, 6.07) is 17.6. The van der Waals surface area contributed by atoms with Crippen molar-refractivity contribution in [2.24, 2.45) is 10.9 Å². The molecule has 5 nitrogen and oxygen atoms in total. The van der Waals surface area contributed by atoms with Gasteiger partial charge in [0.05, 0.1) is 10.4 Å². The van der Waals surface area contributed by atoms with Gasteiger partial charge in [-0.15, -0.1) is 11.3 Å². The molecule has 0 aliphatic rings. The van der Waals surface area contributed by atoms with Gasteiger partial charge < -0.3 is 15.3 Å². The summed E-state index contributed by atoms with van der Waals surface area (Å²) in [4.78, 5) is 17.8. The summed E-state index contributed by atoms with van der Waals surface area (Å²) in [5, 5.41) is 6.19. The van der Waals surface area contributed by atoms with Crippen molar-refractivity contribution in [3.05, 3.63) is 87.1 Å². The summed E-state index contributed by atoms with van der Waals surface area (Å²) in [7, 11) is 0. The average Bonchev–Trinajstić information content (AvgIpc) is 3.20.